The quantitative estimate of drug-likeness (QED) is 0.778. The molecule has 2 aromatic rings. The van der Waals surface area contributed by atoms with Crippen LogP contribution in [0.15, 0.2) is 24.3 Å². The molecule has 24 heavy (non-hydrogen) atoms. The fraction of sp³-hybridized carbons (Fsp3) is 0.375. The molecule has 8 heteroatoms. The number of hydrogen-bond donors (Lipinski definition) is 0. The summed E-state index contributed by atoms with van der Waals surface area (Å²) in [4.78, 5) is 17.7. The van der Waals surface area contributed by atoms with Gasteiger partial charge in [0.2, 0.25) is 5.01 Å². The van der Waals surface area contributed by atoms with Crippen LogP contribution < -0.4 is 4.90 Å². The van der Waals surface area contributed by atoms with E-state index in [1.165, 1.54) is 29.2 Å². The number of carbonyl (C=O) groups is 1. The molecule has 0 spiro atoms. The molecule has 2 heterocycles. The monoisotopic (exact) mass is 356 g/mol. The number of thiazole rings is 1. The minimum Gasteiger partial charge on any atom is -0.461 e. The lowest BCUT2D eigenvalue weighted by Gasteiger charge is -2.17. The Balaban J connectivity index is 2.01. The average Bonchev–Trinajstić information content (AvgIpc) is 3.12. The van der Waals surface area contributed by atoms with Crippen molar-refractivity contribution in [3.63, 3.8) is 0 Å². The molecule has 0 amide bonds. The molecule has 1 aromatic carbocycles. The van der Waals surface area contributed by atoms with Crippen molar-refractivity contribution in [1.82, 2.24) is 4.98 Å². The van der Waals surface area contributed by atoms with Gasteiger partial charge in [0.15, 0.2) is 0 Å². The topological polar surface area (TPSA) is 42.4 Å². The molecule has 0 radical (unpaired) electrons. The van der Waals surface area contributed by atoms with E-state index in [1.54, 1.807) is 6.92 Å². The average molecular weight is 356 g/mol. The number of nitrogens with zero attached hydrogens (tertiary/aromatic N) is 2. The van der Waals surface area contributed by atoms with Gasteiger partial charge < -0.3 is 9.64 Å². The van der Waals surface area contributed by atoms with Gasteiger partial charge in [-0.25, -0.2) is 22.9 Å². The first-order valence-corrected chi connectivity index (χ1v) is 8.28. The highest BCUT2D eigenvalue weighted by molar-refractivity contribution is 7.18. The van der Waals surface area contributed by atoms with Crippen LogP contribution in [0.2, 0.25) is 0 Å². The fourth-order valence-electron chi connectivity index (χ4n) is 2.51. The third kappa shape index (κ3) is 3.38. The standard InChI is InChI=1S/C16H15F3N2O2S/c1-2-23-15(22)13-20-12(10-3-5-11(17)6-4-10)14(24-13)21-8-7-16(18,19)9-21/h3-6H,2,7-9H2,1H3. The maximum absolute atomic E-state index is 13.6. The number of alkyl halides is 2. The summed E-state index contributed by atoms with van der Waals surface area (Å²) >= 11 is 1.02. The Labute approximate surface area is 140 Å². The first-order chi connectivity index (χ1) is 11.4. The van der Waals surface area contributed by atoms with E-state index >= 15 is 0 Å². The maximum atomic E-state index is 13.6. The number of hydrogen-bond acceptors (Lipinski definition) is 5. The third-order valence-electron chi connectivity index (χ3n) is 3.63. The van der Waals surface area contributed by atoms with E-state index in [9.17, 15) is 18.0 Å². The molecule has 0 saturated carbocycles. The van der Waals surface area contributed by atoms with E-state index in [4.69, 9.17) is 4.74 Å². The lowest BCUT2D eigenvalue weighted by molar-refractivity contribution is 0.0257. The van der Waals surface area contributed by atoms with Crippen LogP contribution in [-0.4, -0.2) is 36.6 Å². The lowest BCUT2D eigenvalue weighted by Crippen LogP contribution is -2.24. The Morgan fingerprint density at radius 1 is 1.38 bits per heavy atom. The Kier molecular flexibility index (Phi) is 4.49. The van der Waals surface area contributed by atoms with E-state index in [0.717, 1.165) is 11.3 Å². The van der Waals surface area contributed by atoms with Crippen molar-refractivity contribution in [2.75, 3.05) is 24.6 Å². The number of benzene rings is 1. The van der Waals surface area contributed by atoms with Crippen LogP contribution in [-0.2, 0) is 4.74 Å². The molecule has 128 valence electrons. The van der Waals surface area contributed by atoms with Crippen LogP contribution >= 0.6 is 11.3 Å². The minimum absolute atomic E-state index is 0.0985. The van der Waals surface area contributed by atoms with Crippen LogP contribution in [0.4, 0.5) is 18.2 Å². The molecule has 1 aromatic heterocycles. The zero-order chi connectivity index (χ0) is 17.3. The second-order valence-corrected chi connectivity index (χ2v) is 6.41. The molecule has 0 aliphatic carbocycles. The molecule has 1 saturated heterocycles. The fourth-order valence-corrected chi connectivity index (χ4v) is 3.52. The van der Waals surface area contributed by atoms with Crippen LogP contribution in [0, 0.1) is 5.82 Å². The number of aromatic nitrogens is 1. The molecular formula is C16H15F3N2O2S. The van der Waals surface area contributed by atoms with Gasteiger partial charge in [0.1, 0.15) is 16.5 Å². The summed E-state index contributed by atoms with van der Waals surface area (Å²) in [5.41, 5.74) is 0.953. The molecule has 1 fully saturated rings. The van der Waals surface area contributed by atoms with Crippen LogP contribution in [0.3, 0.4) is 0 Å². The van der Waals surface area contributed by atoms with Crippen LogP contribution in [0.1, 0.15) is 23.1 Å². The lowest BCUT2D eigenvalue weighted by atomic mass is 10.1. The highest BCUT2D eigenvalue weighted by Gasteiger charge is 2.40. The maximum Gasteiger partial charge on any atom is 0.367 e. The minimum atomic E-state index is -2.77. The van der Waals surface area contributed by atoms with Crippen molar-refractivity contribution in [3.8, 4) is 11.3 Å². The normalized spacial score (nSPS) is 16.4. The van der Waals surface area contributed by atoms with Gasteiger partial charge in [0.05, 0.1) is 13.2 Å². The van der Waals surface area contributed by atoms with E-state index in [-0.39, 0.29) is 24.6 Å². The van der Waals surface area contributed by atoms with Gasteiger partial charge in [0.25, 0.3) is 5.92 Å². The smallest absolute Gasteiger partial charge is 0.367 e. The number of rotatable bonds is 4. The molecular weight excluding hydrogens is 341 g/mol. The molecule has 1 aliphatic rings. The van der Waals surface area contributed by atoms with Crippen molar-refractivity contribution in [3.05, 3.63) is 35.1 Å². The second-order valence-electron chi connectivity index (χ2n) is 5.43. The molecule has 0 atom stereocenters. The molecule has 4 nitrogen and oxygen atoms in total. The molecule has 0 N–H and O–H groups in total. The predicted molar refractivity (Wildman–Crippen MR) is 85.2 cm³/mol. The van der Waals surface area contributed by atoms with E-state index < -0.39 is 24.3 Å². The predicted octanol–water partition coefficient (Wildman–Crippen LogP) is 3.97. The van der Waals surface area contributed by atoms with Gasteiger partial charge in [-0.3, -0.25) is 0 Å². The van der Waals surface area contributed by atoms with E-state index in [2.05, 4.69) is 4.98 Å². The molecule has 1 aliphatic heterocycles. The highest BCUT2D eigenvalue weighted by Crippen LogP contribution is 2.40. The summed E-state index contributed by atoms with van der Waals surface area (Å²) in [5.74, 6) is -3.77. The van der Waals surface area contributed by atoms with Gasteiger partial charge in [0, 0.05) is 18.5 Å². The number of esters is 1. The third-order valence-corrected chi connectivity index (χ3v) is 4.73. The summed E-state index contributed by atoms with van der Waals surface area (Å²) < 4.78 is 45.2. The Hall–Kier alpha value is -2.09. The second kappa shape index (κ2) is 6.43. The number of carbonyl (C=O) groups excluding carboxylic acids is 1. The number of anilines is 1. The Morgan fingerprint density at radius 3 is 2.67 bits per heavy atom. The summed E-state index contributed by atoms with van der Waals surface area (Å²) in [6, 6.07) is 5.55. The van der Waals surface area contributed by atoms with Gasteiger partial charge >= 0.3 is 5.97 Å². The van der Waals surface area contributed by atoms with E-state index in [0.29, 0.717) is 16.3 Å². The van der Waals surface area contributed by atoms with E-state index in [1.807, 2.05) is 0 Å². The largest absolute Gasteiger partial charge is 0.461 e. The van der Waals surface area contributed by atoms with Crippen molar-refractivity contribution in [1.29, 1.82) is 0 Å². The summed E-state index contributed by atoms with van der Waals surface area (Å²) in [6.45, 7) is 1.62. The Bertz CT molecular complexity index is 746. The highest BCUT2D eigenvalue weighted by atomic mass is 32.1. The zero-order valence-electron chi connectivity index (χ0n) is 12.9. The molecule has 3 rings (SSSR count). The van der Waals surface area contributed by atoms with Crippen molar-refractivity contribution >= 4 is 22.3 Å². The van der Waals surface area contributed by atoms with Crippen molar-refractivity contribution in [2.24, 2.45) is 0 Å². The Morgan fingerprint density at radius 2 is 2.08 bits per heavy atom. The van der Waals surface area contributed by atoms with Crippen LogP contribution in [0.5, 0.6) is 0 Å². The summed E-state index contributed by atoms with van der Waals surface area (Å²) in [6.07, 6.45) is -0.248. The van der Waals surface area contributed by atoms with Crippen molar-refractivity contribution < 1.29 is 22.7 Å². The van der Waals surface area contributed by atoms with Gasteiger partial charge in [-0.1, -0.05) is 11.3 Å². The first-order valence-electron chi connectivity index (χ1n) is 7.46. The SMILES string of the molecule is CCOC(=O)c1nc(-c2ccc(F)cc2)c(N2CCC(F)(F)C2)s1. The van der Waals surface area contributed by atoms with Gasteiger partial charge in [-0.15, -0.1) is 0 Å². The van der Waals surface area contributed by atoms with Crippen LogP contribution in [0.25, 0.3) is 11.3 Å². The molecule has 0 unspecified atom stereocenters. The first kappa shape index (κ1) is 16.8. The van der Waals surface area contributed by atoms with Gasteiger partial charge in [-0.05, 0) is 31.2 Å². The van der Waals surface area contributed by atoms with Gasteiger partial charge in [-0.2, -0.15) is 0 Å². The van der Waals surface area contributed by atoms with Crippen molar-refractivity contribution in [2.45, 2.75) is 19.3 Å². The molecule has 0 bridgehead atoms. The number of halogens is 3. The summed E-state index contributed by atoms with van der Waals surface area (Å²) in [7, 11) is 0. The number of ether oxygens (including phenoxy) is 1. The zero-order valence-corrected chi connectivity index (χ0v) is 13.7. The summed E-state index contributed by atoms with van der Waals surface area (Å²) in [5, 5.41) is 0.572.